The van der Waals surface area contributed by atoms with Crippen LogP contribution in [0.5, 0.6) is 0 Å². The average Bonchev–Trinajstić information content (AvgIpc) is 2.93. The molecular formula is C15H9BrNRhS-. The average molecular weight is 418 g/mol. The van der Waals surface area contributed by atoms with Crippen LogP contribution in [0.1, 0.15) is 0 Å². The summed E-state index contributed by atoms with van der Waals surface area (Å²) >= 11 is 5.21. The fourth-order valence-electron chi connectivity index (χ4n) is 1.76. The predicted octanol–water partition coefficient (Wildman–Crippen LogP) is 5.04. The van der Waals surface area contributed by atoms with Gasteiger partial charge in [0.2, 0.25) is 0 Å². The smallest absolute Gasteiger partial charge is 0.0335 e. The first kappa shape index (κ1) is 14.6. The number of nitrogens with zero attached hydrogens (tertiary/aromatic N) is 1. The number of hydrogen-bond acceptors (Lipinski definition) is 2. The minimum absolute atomic E-state index is 0. The SMILES string of the molecule is Brc1cc[c-]c(-c2cc(-c3cccs3)ccn2)c1.[Rh]. The van der Waals surface area contributed by atoms with Gasteiger partial charge in [-0.05, 0) is 28.8 Å². The Bertz CT molecular complexity index is 667. The second-order valence-electron chi connectivity index (χ2n) is 3.83. The van der Waals surface area contributed by atoms with Crippen molar-refractivity contribution in [1.82, 2.24) is 4.98 Å². The summed E-state index contributed by atoms with van der Waals surface area (Å²) in [5.41, 5.74) is 3.15. The Morgan fingerprint density at radius 2 is 2.05 bits per heavy atom. The van der Waals surface area contributed by atoms with E-state index in [1.54, 1.807) is 11.3 Å². The van der Waals surface area contributed by atoms with Crippen LogP contribution in [0.3, 0.4) is 0 Å². The number of halogens is 1. The van der Waals surface area contributed by atoms with E-state index in [2.05, 4.69) is 50.6 Å². The molecule has 97 valence electrons. The quantitative estimate of drug-likeness (QED) is 0.420. The fraction of sp³-hybridized carbons (Fsp3) is 0. The Kier molecular flexibility index (Phi) is 5.03. The monoisotopic (exact) mass is 417 g/mol. The largest absolute Gasteiger partial charge is 0.305 e. The van der Waals surface area contributed by atoms with Crippen LogP contribution in [0.2, 0.25) is 0 Å². The molecule has 2 aromatic heterocycles. The second-order valence-corrected chi connectivity index (χ2v) is 5.69. The van der Waals surface area contributed by atoms with Crippen molar-refractivity contribution in [1.29, 1.82) is 0 Å². The molecule has 2 heterocycles. The van der Waals surface area contributed by atoms with E-state index in [1.165, 1.54) is 10.4 Å². The van der Waals surface area contributed by atoms with Crippen molar-refractivity contribution in [3.63, 3.8) is 0 Å². The minimum Gasteiger partial charge on any atom is -0.305 e. The van der Waals surface area contributed by atoms with Crippen LogP contribution in [-0.2, 0) is 19.5 Å². The van der Waals surface area contributed by atoms with E-state index in [4.69, 9.17) is 0 Å². The molecule has 0 bridgehead atoms. The first-order valence-corrected chi connectivity index (χ1v) is 7.18. The Hall–Kier alpha value is -0.827. The molecule has 0 spiro atoms. The van der Waals surface area contributed by atoms with Crippen LogP contribution in [-0.4, -0.2) is 4.98 Å². The van der Waals surface area contributed by atoms with Gasteiger partial charge in [0, 0.05) is 30.6 Å². The Morgan fingerprint density at radius 3 is 2.79 bits per heavy atom. The van der Waals surface area contributed by atoms with Gasteiger partial charge in [0.25, 0.3) is 0 Å². The predicted molar refractivity (Wildman–Crippen MR) is 79.5 cm³/mol. The molecule has 1 aromatic carbocycles. The normalized spacial score (nSPS) is 9.95. The summed E-state index contributed by atoms with van der Waals surface area (Å²) in [5.74, 6) is 0. The van der Waals surface area contributed by atoms with Gasteiger partial charge in [0.05, 0.1) is 0 Å². The molecule has 0 aliphatic carbocycles. The van der Waals surface area contributed by atoms with Gasteiger partial charge in [-0.15, -0.1) is 41.2 Å². The summed E-state index contributed by atoms with van der Waals surface area (Å²) in [5, 5.41) is 2.08. The van der Waals surface area contributed by atoms with E-state index in [1.807, 2.05) is 30.5 Å². The van der Waals surface area contributed by atoms with Crippen LogP contribution < -0.4 is 0 Å². The third kappa shape index (κ3) is 3.39. The van der Waals surface area contributed by atoms with E-state index in [9.17, 15) is 0 Å². The molecule has 0 saturated heterocycles. The maximum atomic E-state index is 4.41. The van der Waals surface area contributed by atoms with Crippen molar-refractivity contribution >= 4 is 27.3 Å². The van der Waals surface area contributed by atoms with Crippen LogP contribution in [0.25, 0.3) is 21.7 Å². The molecular weight excluding hydrogens is 409 g/mol. The maximum Gasteiger partial charge on any atom is 0.0335 e. The van der Waals surface area contributed by atoms with Gasteiger partial charge in [-0.3, -0.25) is 0 Å². The van der Waals surface area contributed by atoms with Gasteiger partial charge in [0.15, 0.2) is 0 Å². The molecule has 1 nitrogen and oxygen atoms in total. The number of pyridine rings is 1. The van der Waals surface area contributed by atoms with Gasteiger partial charge in [0.1, 0.15) is 0 Å². The van der Waals surface area contributed by atoms with Crippen LogP contribution in [0.15, 0.2) is 58.5 Å². The second kappa shape index (κ2) is 6.56. The van der Waals surface area contributed by atoms with E-state index < -0.39 is 0 Å². The molecule has 0 atom stereocenters. The van der Waals surface area contributed by atoms with E-state index >= 15 is 0 Å². The van der Waals surface area contributed by atoms with Crippen molar-refractivity contribution in [3.05, 3.63) is 64.6 Å². The molecule has 0 aliphatic rings. The molecule has 0 saturated carbocycles. The summed E-state index contributed by atoms with van der Waals surface area (Å²) in [6, 6.07) is 17.4. The first-order valence-electron chi connectivity index (χ1n) is 5.50. The summed E-state index contributed by atoms with van der Waals surface area (Å²) in [6.45, 7) is 0. The molecule has 0 amide bonds. The first-order chi connectivity index (χ1) is 8.83. The molecule has 3 rings (SSSR count). The van der Waals surface area contributed by atoms with Gasteiger partial charge < -0.3 is 4.98 Å². The molecule has 0 unspecified atom stereocenters. The minimum atomic E-state index is 0. The fourth-order valence-corrected chi connectivity index (χ4v) is 2.85. The molecule has 19 heavy (non-hydrogen) atoms. The summed E-state index contributed by atoms with van der Waals surface area (Å²) in [7, 11) is 0. The number of hydrogen-bond donors (Lipinski definition) is 0. The number of benzene rings is 1. The van der Waals surface area contributed by atoms with Crippen molar-refractivity contribution < 1.29 is 19.5 Å². The summed E-state index contributed by atoms with van der Waals surface area (Å²) in [4.78, 5) is 5.67. The van der Waals surface area contributed by atoms with Crippen LogP contribution in [0, 0.1) is 6.07 Å². The van der Waals surface area contributed by atoms with Crippen LogP contribution >= 0.6 is 27.3 Å². The third-order valence-electron chi connectivity index (χ3n) is 2.61. The Morgan fingerprint density at radius 1 is 1.16 bits per heavy atom. The van der Waals surface area contributed by atoms with Crippen molar-refractivity contribution in [2.24, 2.45) is 0 Å². The zero-order valence-electron chi connectivity index (χ0n) is 9.76. The van der Waals surface area contributed by atoms with Gasteiger partial charge >= 0.3 is 0 Å². The Balaban J connectivity index is 0.00000133. The number of thiophene rings is 1. The molecule has 1 radical (unpaired) electrons. The van der Waals surface area contributed by atoms with E-state index in [0.29, 0.717) is 0 Å². The third-order valence-corrected chi connectivity index (χ3v) is 4.02. The van der Waals surface area contributed by atoms with E-state index in [-0.39, 0.29) is 19.5 Å². The van der Waals surface area contributed by atoms with Gasteiger partial charge in [-0.1, -0.05) is 32.5 Å². The van der Waals surface area contributed by atoms with Crippen molar-refractivity contribution in [2.45, 2.75) is 0 Å². The molecule has 0 N–H and O–H groups in total. The van der Waals surface area contributed by atoms with Crippen molar-refractivity contribution in [2.75, 3.05) is 0 Å². The number of aromatic nitrogens is 1. The molecule has 4 heteroatoms. The zero-order valence-corrected chi connectivity index (χ0v) is 13.8. The standard InChI is InChI=1S/C15H9BrNS.Rh/c16-13-4-1-3-11(9-13)14-10-12(6-7-17-14)15-5-2-8-18-15;/h1-2,4-10H;/q-1;. The maximum absolute atomic E-state index is 4.41. The molecule has 3 aromatic rings. The summed E-state index contributed by atoms with van der Waals surface area (Å²) in [6.07, 6.45) is 1.85. The zero-order chi connectivity index (χ0) is 12.4. The van der Waals surface area contributed by atoms with Gasteiger partial charge in [-0.25, -0.2) is 0 Å². The number of rotatable bonds is 2. The van der Waals surface area contributed by atoms with Gasteiger partial charge in [-0.2, -0.15) is 0 Å². The molecule has 0 fully saturated rings. The molecule has 0 aliphatic heterocycles. The van der Waals surface area contributed by atoms with E-state index in [0.717, 1.165) is 15.7 Å². The summed E-state index contributed by atoms with van der Waals surface area (Å²) < 4.78 is 1.04. The van der Waals surface area contributed by atoms with Crippen LogP contribution in [0.4, 0.5) is 0 Å². The Labute approximate surface area is 137 Å². The van der Waals surface area contributed by atoms with Crippen molar-refractivity contribution in [3.8, 4) is 21.7 Å². The topological polar surface area (TPSA) is 12.9 Å².